The van der Waals surface area contributed by atoms with E-state index in [-0.39, 0.29) is 11.8 Å². The number of amides is 1. The summed E-state index contributed by atoms with van der Waals surface area (Å²) in [5.41, 5.74) is 1.32. The van der Waals surface area contributed by atoms with Gasteiger partial charge in [-0.3, -0.25) is 4.79 Å². The minimum Gasteiger partial charge on any atom is -0.493 e. The molecule has 1 aliphatic heterocycles. The lowest BCUT2D eigenvalue weighted by Crippen LogP contribution is -2.25. The summed E-state index contributed by atoms with van der Waals surface area (Å²) in [5, 5.41) is 5.60. The van der Waals surface area contributed by atoms with E-state index in [0.29, 0.717) is 28.6 Å². The number of carbonyl (C=O) groups is 1. The predicted octanol–water partition coefficient (Wildman–Crippen LogP) is 2.85. The number of furan rings is 1. The van der Waals surface area contributed by atoms with Crippen molar-refractivity contribution in [2.45, 2.75) is 20.1 Å². The Morgan fingerprint density at radius 2 is 1.81 bits per heavy atom. The maximum atomic E-state index is 12.0. The van der Waals surface area contributed by atoms with Gasteiger partial charge in [0.15, 0.2) is 11.5 Å². The number of ether oxygens (including phenoxy) is 4. The van der Waals surface area contributed by atoms with Crippen LogP contribution in [0.25, 0.3) is 0 Å². The first-order chi connectivity index (χ1) is 12.5. The van der Waals surface area contributed by atoms with Gasteiger partial charge in [0.25, 0.3) is 0 Å². The summed E-state index contributed by atoms with van der Waals surface area (Å²) in [6.07, 6.45) is 0.851. The molecule has 2 heterocycles. The highest BCUT2D eigenvalue weighted by Crippen LogP contribution is 2.40. The molecule has 1 aromatic heterocycles. The molecule has 1 aliphatic rings. The Kier molecular flexibility index (Phi) is 4.75. The molecule has 26 heavy (non-hydrogen) atoms. The lowest BCUT2D eigenvalue weighted by molar-refractivity contribution is -0.135. The fourth-order valence-corrected chi connectivity index (χ4v) is 2.74. The van der Waals surface area contributed by atoms with Crippen molar-refractivity contribution in [2.24, 2.45) is 5.10 Å². The third-order valence-electron chi connectivity index (χ3n) is 4.04. The molecule has 1 aromatic carbocycles. The zero-order valence-corrected chi connectivity index (χ0v) is 15.2. The maximum absolute atomic E-state index is 12.0. The van der Waals surface area contributed by atoms with E-state index in [4.69, 9.17) is 23.4 Å². The molecule has 1 atom stereocenters. The van der Waals surface area contributed by atoms with Crippen molar-refractivity contribution in [1.82, 2.24) is 5.01 Å². The fourth-order valence-electron chi connectivity index (χ4n) is 2.74. The number of methoxy groups -OCH3 is 3. The highest BCUT2D eigenvalue weighted by atomic mass is 16.5. The lowest BCUT2D eigenvalue weighted by Gasteiger charge is -2.18. The van der Waals surface area contributed by atoms with Crippen LogP contribution in [-0.2, 0) is 9.53 Å². The topological polar surface area (TPSA) is 82.7 Å². The molecule has 0 saturated carbocycles. The third kappa shape index (κ3) is 2.94. The first-order valence-electron chi connectivity index (χ1n) is 7.89. The minimum atomic E-state index is -0.694. The number of carbonyl (C=O) groups excluding carboxylic acids is 1. The van der Waals surface area contributed by atoms with Crippen molar-refractivity contribution in [3.8, 4) is 17.2 Å². The normalized spacial score (nSPS) is 16.1. The van der Waals surface area contributed by atoms with Gasteiger partial charge < -0.3 is 23.4 Å². The quantitative estimate of drug-likeness (QED) is 0.815. The van der Waals surface area contributed by atoms with Crippen LogP contribution in [-0.4, -0.2) is 38.1 Å². The van der Waals surface area contributed by atoms with E-state index in [0.717, 1.165) is 5.56 Å². The SMILES string of the molecule is COc1cc(C2=NN(C(C)=O)[C@H](c3ccoc3C)O2)cc(OC)c1OC. The van der Waals surface area contributed by atoms with Crippen LogP contribution >= 0.6 is 0 Å². The maximum Gasteiger partial charge on any atom is 0.243 e. The van der Waals surface area contributed by atoms with E-state index in [2.05, 4.69) is 5.10 Å². The predicted molar refractivity (Wildman–Crippen MR) is 92.4 cm³/mol. The Balaban J connectivity index is 2.03. The Bertz CT molecular complexity index is 832. The van der Waals surface area contributed by atoms with Crippen molar-refractivity contribution in [1.29, 1.82) is 0 Å². The molecule has 138 valence electrons. The van der Waals surface area contributed by atoms with Crippen molar-refractivity contribution < 1.29 is 28.2 Å². The van der Waals surface area contributed by atoms with Crippen molar-refractivity contribution in [3.05, 3.63) is 41.3 Å². The van der Waals surface area contributed by atoms with Gasteiger partial charge >= 0.3 is 0 Å². The largest absolute Gasteiger partial charge is 0.493 e. The van der Waals surface area contributed by atoms with Gasteiger partial charge in [-0.25, -0.2) is 0 Å². The molecule has 2 aromatic rings. The number of hydrogen-bond donors (Lipinski definition) is 0. The molecule has 0 N–H and O–H groups in total. The molecule has 1 amide bonds. The monoisotopic (exact) mass is 360 g/mol. The number of benzene rings is 1. The van der Waals surface area contributed by atoms with Gasteiger partial charge in [-0.05, 0) is 25.1 Å². The Morgan fingerprint density at radius 3 is 2.27 bits per heavy atom. The van der Waals surface area contributed by atoms with Gasteiger partial charge in [0, 0.05) is 12.5 Å². The van der Waals surface area contributed by atoms with Crippen LogP contribution < -0.4 is 14.2 Å². The fraction of sp³-hybridized carbons (Fsp3) is 0.333. The number of hydrogen-bond acceptors (Lipinski definition) is 7. The molecule has 8 heteroatoms. The van der Waals surface area contributed by atoms with Gasteiger partial charge in [0.2, 0.25) is 23.8 Å². The lowest BCUT2D eigenvalue weighted by atomic mass is 10.1. The van der Waals surface area contributed by atoms with E-state index in [1.54, 1.807) is 31.4 Å². The summed E-state index contributed by atoms with van der Waals surface area (Å²) in [6.45, 7) is 3.22. The zero-order chi connectivity index (χ0) is 18.8. The highest BCUT2D eigenvalue weighted by molar-refractivity contribution is 5.97. The number of aryl methyl sites for hydroxylation is 1. The molecule has 8 nitrogen and oxygen atoms in total. The van der Waals surface area contributed by atoms with Gasteiger partial charge in [-0.1, -0.05) is 0 Å². The van der Waals surface area contributed by atoms with E-state index < -0.39 is 6.23 Å². The average Bonchev–Trinajstić information content (AvgIpc) is 3.26. The van der Waals surface area contributed by atoms with Crippen LogP contribution in [0.1, 0.15) is 30.0 Å². The molecule has 3 rings (SSSR count). The van der Waals surface area contributed by atoms with Crippen molar-refractivity contribution >= 4 is 11.8 Å². The van der Waals surface area contributed by atoms with E-state index >= 15 is 0 Å². The first-order valence-corrected chi connectivity index (χ1v) is 7.89. The van der Waals surface area contributed by atoms with E-state index in [9.17, 15) is 4.79 Å². The summed E-state index contributed by atoms with van der Waals surface area (Å²) in [5.74, 6) is 2.06. The molecule has 0 fully saturated rings. The van der Waals surface area contributed by atoms with Crippen LogP contribution in [0.15, 0.2) is 34.0 Å². The Labute approximate surface area is 150 Å². The van der Waals surface area contributed by atoms with Gasteiger partial charge in [0.05, 0.1) is 33.2 Å². The Hall–Kier alpha value is -3.16. The molecule has 0 spiro atoms. The molecule has 0 saturated heterocycles. The van der Waals surface area contributed by atoms with Crippen LogP contribution in [0.3, 0.4) is 0 Å². The summed E-state index contributed by atoms with van der Waals surface area (Å²) in [6, 6.07) is 5.18. The molecule has 0 radical (unpaired) electrons. The van der Waals surface area contributed by atoms with Crippen LogP contribution in [0, 0.1) is 6.92 Å². The second kappa shape index (κ2) is 6.99. The number of nitrogens with zero attached hydrogens (tertiary/aromatic N) is 2. The van der Waals surface area contributed by atoms with E-state index in [1.165, 1.54) is 33.3 Å². The van der Waals surface area contributed by atoms with Crippen LogP contribution in [0.5, 0.6) is 17.2 Å². The zero-order valence-electron chi connectivity index (χ0n) is 15.2. The molecule has 0 bridgehead atoms. The summed E-state index contributed by atoms with van der Waals surface area (Å²) < 4.78 is 27.3. The highest BCUT2D eigenvalue weighted by Gasteiger charge is 2.35. The van der Waals surface area contributed by atoms with Gasteiger partial charge in [0.1, 0.15) is 5.76 Å². The second-order valence-corrected chi connectivity index (χ2v) is 5.59. The standard InChI is InChI=1S/C18H20N2O6/c1-10-13(6-7-25-10)18-20(11(2)21)19-17(26-18)12-8-14(22-3)16(24-5)15(9-12)23-4/h6-9,18H,1-5H3/t18-/m0/s1. The smallest absolute Gasteiger partial charge is 0.243 e. The van der Waals surface area contributed by atoms with Gasteiger partial charge in [-0.2, -0.15) is 5.01 Å². The van der Waals surface area contributed by atoms with Crippen LogP contribution in [0.2, 0.25) is 0 Å². The summed E-state index contributed by atoms with van der Waals surface area (Å²) in [4.78, 5) is 12.0. The van der Waals surface area contributed by atoms with Crippen molar-refractivity contribution in [2.75, 3.05) is 21.3 Å². The van der Waals surface area contributed by atoms with E-state index in [1.807, 2.05) is 0 Å². The first kappa shape index (κ1) is 17.7. The van der Waals surface area contributed by atoms with Crippen molar-refractivity contribution in [3.63, 3.8) is 0 Å². The third-order valence-corrected chi connectivity index (χ3v) is 4.04. The summed E-state index contributed by atoms with van der Waals surface area (Å²) in [7, 11) is 4.58. The number of hydrazone groups is 1. The molecule has 0 unspecified atom stereocenters. The minimum absolute atomic E-state index is 0.252. The molecular formula is C18H20N2O6. The van der Waals surface area contributed by atoms with Crippen LogP contribution in [0.4, 0.5) is 0 Å². The molecule has 0 aliphatic carbocycles. The molecular weight excluding hydrogens is 340 g/mol. The van der Waals surface area contributed by atoms with Gasteiger partial charge in [-0.15, -0.1) is 5.10 Å². The number of rotatable bonds is 5. The Morgan fingerprint density at radius 1 is 1.15 bits per heavy atom. The second-order valence-electron chi connectivity index (χ2n) is 5.59. The summed E-state index contributed by atoms with van der Waals surface area (Å²) >= 11 is 0. The average molecular weight is 360 g/mol.